The van der Waals surface area contributed by atoms with Crippen molar-refractivity contribution in [1.82, 2.24) is 5.32 Å². The lowest BCUT2D eigenvalue weighted by atomic mass is 10.0. The Balaban J connectivity index is 2.60. The third-order valence-electron chi connectivity index (χ3n) is 2.16. The van der Waals surface area contributed by atoms with Crippen molar-refractivity contribution in [3.63, 3.8) is 0 Å². The fraction of sp³-hybridized carbons (Fsp3) is 0. The molecular formula is C10H9N3O2. The Morgan fingerprint density at radius 2 is 1.67 bits per heavy atom. The SMILES string of the molecule is Nc1cccc(N)c1C1=CC(=O)NC1=O. The molecule has 0 aliphatic carbocycles. The van der Waals surface area contributed by atoms with Crippen molar-refractivity contribution in [2.45, 2.75) is 0 Å². The Morgan fingerprint density at radius 1 is 1.07 bits per heavy atom. The molecule has 2 rings (SSSR count). The summed E-state index contributed by atoms with van der Waals surface area (Å²) in [6.07, 6.45) is 1.20. The van der Waals surface area contributed by atoms with Crippen LogP contribution in [0.1, 0.15) is 5.56 Å². The van der Waals surface area contributed by atoms with E-state index in [1.807, 2.05) is 0 Å². The van der Waals surface area contributed by atoms with Gasteiger partial charge in [-0.25, -0.2) is 0 Å². The Morgan fingerprint density at radius 3 is 2.13 bits per heavy atom. The highest BCUT2D eigenvalue weighted by atomic mass is 16.2. The van der Waals surface area contributed by atoms with Gasteiger partial charge < -0.3 is 11.5 Å². The van der Waals surface area contributed by atoms with Crippen molar-refractivity contribution in [2.75, 3.05) is 11.5 Å². The fourth-order valence-electron chi connectivity index (χ4n) is 1.50. The number of benzene rings is 1. The van der Waals surface area contributed by atoms with Crippen LogP contribution in [0.5, 0.6) is 0 Å². The quantitative estimate of drug-likeness (QED) is 0.438. The number of rotatable bonds is 1. The van der Waals surface area contributed by atoms with Crippen LogP contribution in [0.3, 0.4) is 0 Å². The highest BCUT2D eigenvalue weighted by Gasteiger charge is 2.24. The van der Waals surface area contributed by atoms with Crippen molar-refractivity contribution in [2.24, 2.45) is 0 Å². The van der Waals surface area contributed by atoms with E-state index in [0.29, 0.717) is 16.9 Å². The number of nitrogen functional groups attached to an aromatic ring is 2. The third kappa shape index (κ3) is 1.43. The van der Waals surface area contributed by atoms with Crippen LogP contribution in [-0.4, -0.2) is 11.8 Å². The second kappa shape index (κ2) is 3.13. The monoisotopic (exact) mass is 203 g/mol. The van der Waals surface area contributed by atoms with Gasteiger partial charge in [-0.05, 0) is 12.1 Å². The van der Waals surface area contributed by atoms with Gasteiger partial charge >= 0.3 is 0 Å². The summed E-state index contributed by atoms with van der Waals surface area (Å²) in [4.78, 5) is 22.3. The van der Waals surface area contributed by atoms with Gasteiger partial charge in [-0.3, -0.25) is 14.9 Å². The zero-order valence-corrected chi connectivity index (χ0v) is 7.78. The number of amides is 2. The molecule has 0 spiro atoms. The van der Waals surface area contributed by atoms with Gasteiger partial charge in [-0.2, -0.15) is 0 Å². The molecule has 0 atom stereocenters. The maximum absolute atomic E-state index is 11.4. The Bertz CT molecular complexity index is 471. The lowest BCUT2D eigenvalue weighted by Gasteiger charge is -2.07. The van der Waals surface area contributed by atoms with Crippen LogP contribution in [0.15, 0.2) is 24.3 Å². The number of nitrogens with two attached hydrogens (primary N) is 2. The number of carbonyl (C=O) groups is 2. The molecule has 15 heavy (non-hydrogen) atoms. The van der Waals surface area contributed by atoms with Crippen molar-refractivity contribution in [3.8, 4) is 0 Å². The summed E-state index contributed by atoms with van der Waals surface area (Å²) in [5, 5.41) is 2.14. The molecule has 0 aromatic heterocycles. The van der Waals surface area contributed by atoms with Gasteiger partial charge in [0.05, 0.1) is 5.57 Å². The fourth-order valence-corrected chi connectivity index (χ4v) is 1.50. The number of hydrogen-bond acceptors (Lipinski definition) is 4. The van der Waals surface area contributed by atoms with E-state index in [0.717, 1.165) is 0 Å². The molecule has 1 heterocycles. The number of imide groups is 1. The van der Waals surface area contributed by atoms with Crippen LogP contribution < -0.4 is 16.8 Å². The number of nitrogens with one attached hydrogen (secondary N) is 1. The first kappa shape index (κ1) is 9.26. The summed E-state index contributed by atoms with van der Waals surface area (Å²) in [7, 11) is 0. The molecule has 1 aliphatic heterocycles. The van der Waals surface area contributed by atoms with Gasteiger partial charge in [0.1, 0.15) is 0 Å². The van der Waals surface area contributed by atoms with Gasteiger partial charge in [0.15, 0.2) is 0 Å². The average molecular weight is 203 g/mol. The Kier molecular flexibility index (Phi) is 1.93. The van der Waals surface area contributed by atoms with Crippen molar-refractivity contribution in [1.29, 1.82) is 0 Å². The zero-order valence-electron chi connectivity index (χ0n) is 7.78. The van der Waals surface area contributed by atoms with Crippen LogP contribution in [-0.2, 0) is 9.59 Å². The molecule has 5 N–H and O–H groups in total. The van der Waals surface area contributed by atoms with Crippen molar-refractivity contribution >= 4 is 28.8 Å². The van der Waals surface area contributed by atoms with Crippen LogP contribution in [0.25, 0.3) is 5.57 Å². The van der Waals surface area contributed by atoms with Crippen LogP contribution >= 0.6 is 0 Å². The predicted octanol–water partition coefficient (Wildman–Crippen LogP) is -0.109. The molecule has 5 nitrogen and oxygen atoms in total. The lowest BCUT2D eigenvalue weighted by molar-refractivity contribution is -0.123. The summed E-state index contributed by atoms with van der Waals surface area (Å²) in [5.74, 6) is -0.915. The van der Waals surface area contributed by atoms with E-state index in [1.54, 1.807) is 18.2 Å². The minimum Gasteiger partial charge on any atom is -0.398 e. The molecule has 0 fully saturated rings. The first-order valence-corrected chi connectivity index (χ1v) is 4.31. The minimum absolute atomic E-state index is 0.218. The van der Waals surface area contributed by atoms with E-state index in [1.165, 1.54) is 6.08 Å². The largest absolute Gasteiger partial charge is 0.398 e. The molecule has 1 aliphatic rings. The molecule has 2 amide bonds. The first-order valence-electron chi connectivity index (χ1n) is 4.31. The Labute approximate surface area is 85.7 Å². The van der Waals surface area contributed by atoms with Gasteiger partial charge in [-0.1, -0.05) is 6.07 Å². The summed E-state index contributed by atoms with van der Waals surface area (Å²) in [6, 6.07) is 4.94. The highest BCUT2D eigenvalue weighted by molar-refractivity contribution is 6.35. The number of hydrogen-bond donors (Lipinski definition) is 3. The van der Waals surface area contributed by atoms with Gasteiger partial charge in [0.25, 0.3) is 11.8 Å². The summed E-state index contributed by atoms with van der Waals surface area (Å²) < 4.78 is 0. The van der Waals surface area contributed by atoms with Gasteiger partial charge in [0.2, 0.25) is 0 Å². The first-order chi connectivity index (χ1) is 7.09. The number of carbonyl (C=O) groups excluding carboxylic acids is 2. The summed E-state index contributed by atoms with van der Waals surface area (Å²) in [5.41, 5.74) is 12.8. The molecule has 0 unspecified atom stereocenters. The van der Waals surface area contributed by atoms with E-state index in [-0.39, 0.29) is 5.57 Å². The van der Waals surface area contributed by atoms with Gasteiger partial charge in [0, 0.05) is 23.0 Å². The molecule has 0 bridgehead atoms. The third-order valence-corrected chi connectivity index (χ3v) is 2.16. The second-order valence-electron chi connectivity index (χ2n) is 3.19. The molecule has 76 valence electrons. The van der Waals surface area contributed by atoms with Crippen molar-refractivity contribution in [3.05, 3.63) is 29.8 Å². The van der Waals surface area contributed by atoms with Gasteiger partial charge in [-0.15, -0.1) is 0 Å². The zero-order chi connectivity index (χ0) is 11.0. The lowest BCUT2D eigenvalue weighted by Crippen LogP contribution is -2.22. The molecule has 0 saturated heterocycles. The van der Waals surface area contributed by atoms with E-state index in [2.05, 4.69) is 5.32 Å². The molecule has 1 aromatic rings. The van der Waals surface area contributed by atoms with E-state index in [4.69, 9.17) is 11.5 Å². The van der Waals surface area contributed by atoms with Crippen molar-refractivity contribution < 1.29 is 9.59 Å². The predicted molar refractivity (Wildman–Crippen MR) is 56.4 cm³/mol. The molecular weight excluding hydrogens is 194 g/mol. The molecule has 0 saturated carbocycles. The standard InChI is InChI=1S/C10H9N3O2/c11-6-2-1-3-7(12)9(6)5-4-8(14)13-10(5)15/h1-4H,11-12H2,(H,13,14,15). The maximum atomic E-state index is 11.4. The van der Waals surface area contributed by atoms with E-state index < -0.39 is 11.8 Å². The summed E-state index contributed by atoms with van der Waals surface area (Å²) in [6.45, 7) is 0. The normalized spacial score (nSPS) is 15.1. The van der Waals surface area contributed by atoms with E-state index >= 15 is 0 Å². The maximum Gasteiger partial charge on any atom is 0.259 e. The van der Waals surface area contributed by atoms with Crippen LogP contribution in [0.4, 0.5) is 11.4 Å². The topological polar surface area (TPSA) is 98.2 Å². The molecule has 5 heteroatoms. The van der Waals surface area contributed by atoms with Crippen LogP contribution in [0.2, 0.25) is 0 Å². The second-order valence-corrected chi connectivity index (χ2v) is 3.19. The minimum atomic E-state index is -0.468. The molecule has 0 radical (unpaired) electrons. The molecule has 1 aromatic carbocycles. The Hall–Kier alpha value is -2.30. The van der Waals surface area contributed by atoms with Crippen LogP contribution in [0, 0.1) is 0 Å². The van der Waals surface area contributed by atoms with E-state index in [9.17, 15) is 9.59 Å². The highest BCUT2D eigenvalue weighted by Crippen LogP contribution is 2.29. The average Bonchev–Trinajstić information content (AvgIpc) is 2.45. The smallest absolute Gasteiger partial charge is 0.259 e. The summed E-state index contributed by atoms with van der Waals surface area (Å²) >= 11 is 0. The number of anilines is 2.